The van der Waals surface area contributed by atoms with Crippen LogP contribution >= 0.6 is 11.3 Å². The van der Waals surface area contributed by atoms with Gasteiger partial charge in [0.05, 0.1) is 12.6 Å². The summed E-state index contributed by atoms with van der Waals surface area (Å²) in [5, 5.41) is 2.79. The number of hydrogen-bond acceptors (Lipinski definition) is 4. The molecular formula is C12H12N2O2S. The Balaban J connectivity index is 2.10. The standard InChI is InChI=1S/C12H12N2O2S/c1-8-11(13-7-17-8)12(15)14-9-3-5-10(16-2)6-4-9/h3-7H,1-2H3,(H,14,15). The van der Waals surface area contributed by atoms with Crippen molar-refractivity contribution in [2.75, 3.05) is 12.4 Å². The van der Waals surface area contributed by atoms with Gasteiger partial charge >= 0.3 is 0 Å². The third-order valence-electron chi connectivity index (χ3n) is 2.31. The number of carbonyl (C=O) groups is 1. The van der Waals surface area contributed by atoms with Crippen LogP contribution < -0.4 is 10.1 Å². The Morgan fingerprint density at radius 3 is 2.59 bits per heavy atom. The maximum atomic E-state index is 11.9. The van der Waals surface area contributed by atoms with Gasteiger partial charge in [-0.05, 0) is 31.2 Å². The molecular weight excluding hydrogens is 236 g/mol. The Hall–Kier alpha value is -1.88. The number of carbonyl (C=O) groups excluding carboxylic acids is 1. The van der Waals surface area contributed by atoms with Gasteiger partial charge in [-0.25, -0.2) is 4.98 Å². The molecule has 0 fully saturated rings. The number of ether oxygens (including phenoxy) is 1. The van der Waals surface area contributed by atoms with Crippen LogP contribution in [0.4, 0.5) is 5.69 Å². The molecule has 5 heteroatoms. The summed E-state index contributed by atoms with van der Waals surface area (Å²) in [5.74, 6) is 0.571. The number of benzene rings is 1. The van der Waals surface area contributed by atoms with E-state index >= 15 is 0 Å². The first kappa shape index (κ1) is 11.6. The van der Waals surface area contributed by atoms with Crippen molar-refractivity contribution >= 4 is 22.9 Å². The number of nitrogens with zero attached hydrogens (tertiary/aromatic N) is 1. The molecule has 0 aliphatic carbocycles. The minimum absolute atomic E-state index is 0.186. The van der Waals surface area contributed by atoms with Crippen molar-refractivity contribution in [3.63, 3.8) is 0 Å². The Morgan fingerprint density at radius 1 is 1.35 bits per heavy atom. The topological polar surface area (TPSA) is 51.2 Å². The first-order chi connectivity index (χ1) is 8.20. The van der Waals surface area contributed by atoms with Crippen molar-refractivity contribution in [1.29, 1.82) is 0 Å². The van der Waals surface area contributed by atoms with E-state index in [1.165, 1.54) is 11.3 Å². The number of aryl methyl sites for hydroxylation is 1. The molecule has 0 aliphatic heterocycles. The predicted molar refractivity (Wildman–Crippen MR) is 67.8 cm³/mol. The highest BCUT2D eigenvalue weighted by Gasteiger charge is 2.11. The van der Waals surface area contributed by atoms with Crippen molar-refractivity contribution in [3.05, 3.63) is 40.3 Å². The normalized spacial score (nSPS) is 10.0. The van der Waals surface area contributed by atoms with Gasteiger partial charge < -0.3 is 10.1 Å². The van der Waals surface area contributed by atoms with Gasteiger partial charge in [0.25, 0.3) is 5.91 Å². The van der Waals surface area contributed by atoms with Crippen molar-refractivity contribution in [2.24, 2.45) is 0 Å². The van der Waals surface area contributed by atoms with Gasteiger partial charge in [-0.15, -0.1) is 11.3 Å². The number of anilines is 1. The van der Waals surface area contributed by atoms with E-state index in [0.29, 0.717) is 5.69 Å². The summed E-state index contributed by atoms with van der Waals surface area (Å²) >= 11 is 1.46. The van der Waals surface area contributed by atoms with Gasteiger partial charge in [0.15, 0.2) is 0 Å². The Bertz CT molecular complexity index is 520. The van der Waals surface area contributed by atoms with Gasteiger partial charge in [0.1, 0.15) is 11.4 Å². The Morgan fingerprint density at radius 2 is 2.06 bits per heavy atom. The number of methoxy groups -OCH3 is 1. The molecule has 0 bridgehead atoms. The molecule has 1 N–H and O–H groups in total. The molecule has 2 aromatic rings. The van der Waals surface area contributed by atoms with Crippen LogP contribution in [0, 0.1) is 6.92 Å². The van der Waals surface area contributed by atoms with E-state index in [4.69, 9.17) is 4.74 Å². The van der Waals surface area contributed by atoms with E-state index < -0.39 is 0 Å². The second kappa shape index (κ2) is 4.97. The second-order valence-electron chi connectivity index (χ2n) is 3.44. The molecule has 0 spiro atoms. The molecule has 1 amide bonds. The van der Waals surface area contributed by atoms with Crippen LogP contribution in [0.15, 0.2) is 29.8 Å². The molecule has 88 valence electrons. The molecule has 4 nitrogen and oxygen atoms in total. The molecule has 17 heavy (non-hydrogen) atoms. The lowest BCUT2D eigenvalue weighted by molar-refractivity contribution is 0.102. The molecule has 2 rings (SSSR count). The lowest BCUT2D eigenvalue weighted by Gasteiger charge is -2.05. The fraction of sp³-hybridized carbons (Fsp3) is 0.167. The van der Waals surface area contributed by atoms with E-state index in [0.717, 1.165) is 16.3 Å². The highest BCUT2D eigenvalue weighted by molar-refractivity contribution is 7.09. The number of rotatable bonds is 3. The fourth-order valence-electron chi connectivity index (χ4n) is 1.39. The third kappa shape index (κ3) is 2.62. The fourth-order valence-corrected chi connectivity index (χ4v) is 1.96. The minimum Gasteiger partial charge on any atom is -0.497 e. The number of aromatic nitrogens is 1. The summed E-state index contributed by atoms with van der Waals surface area (Å²) in [6.45, 7) is 1.88. The number of amides is 1. The highest BCUT2D eigenvalue weighted by atomic mass is 32.1. The van der Waals surface area contributed by atoms with Crippen molar-refractivity contribution in [3.8, 4) is 5.75 Å². The quantitative estimate of drug-likeness (QED) is 0.908. The van der Waals surface area contributed by atoms with Crippen LogP contribution in [0.25, 0.3) is 0 Å². The lowest BCUT2D eigenvalue weighted by Crippen LogP contribution is -2.13. The van der Waals surface area contributed by atoms with Gasteiger partial charge in [-0.3, -0.25) is 4.79 Å². The maximum absolute atomic E-state index is 11.9. The zero-order valence-electron chi connectivity index (χ0n) is 9.56. The van der Waals surface area contributed by atoms with Crippen LogP contribution in [0.3, 0.4) is 0 Å². The number of thiazole rings is 1. The molecule has 0 radical (unpaired) electrons. The van der Waals surface area contributed by atoms with Crippen molar-refractivity contribution in [2.45, 2.75) is 6.92 Å². The minimum atomic E-state index is -0.186. The summed E-state index contributed by atoms with van der Waals surface area (Å²) in [6.07, 6.45) is 0. The average Bonchev–Trinajstić information content (AvgIpc) is 2.76. The second-order valence-corrected chi connectivity index (χ2v) is 4.50. The third-order valence-corrected chi connectivity index (χ3v) is 3.07. The lowest BCUT2D eigenvalue weighted by atomic mass is 10.3. The zero-order valence-corrected chi connectivity index (χ0v) is 10.4. The molecule has 0 saturated heterocycles. The summed E-state index contributed by atoms with van der Waals surface area (Å²) in [6, 6.07) is 7.17. The van der Waals surface area contributed by atoms with Gasteiger partial charge in [0.2, 0.25) is 0 Å². The summed E-state index contributed by atoms with van der Waals surface area (Å²) < 4.78 is 5.04. The molecule has 0 unspecified atom stereocenters. The van der Waals surface area contributed by atoms with Gasteiger partial charge in [-0.1, -0.05) is 0 Å². The first-order valence-corrected chi connectivity index (χ1v) is 5.94. The smallest absolute Gasteiger partial charge is 0.275 e. The molecule has 1 aromatic heterocycles. The summed E-state index contributed by atoms with van der Waals surface area (Å²) in [5.41, 5.74) is 2.87. The molecule has 1 aromatic carbocycles. The van der Waals surface area contributed by atoms with E-state index in [-0.39, 0.29) is 5.91 Å². The summed E-state index contributed by atoms with van der Waals surface area (Å²) in [4.78, 5) is 16.8. The molecule has 0 aliphatic rings. The van der Waals surface area contributed by atoms with E-state index in [1.54, 1.807) is 36.9 Å². The van der Waals surface area contributed by atoms with E-state index in [9.17, 15) is 4.79 Å². The molecule has 0 atom stereocenters. The SMILES string of the molecule is COc1ccc(NC(=O)c2ncsc2C)cc1. The largest absolute Gasteiger partial charge is 0.497 e. The Kier molecular flexibility index (Phi) is 3.39. The number of hydrogen-bond donors (Lipinski definition) is 1. The Labute approximate surface area is 103 Å². The first-order valence-electron chi connectivity index (χ1n) is 5.06. The zero-order chi connectivity index (χ0) is 12.3. The van der Waals surface area contributed by atoms with Crippen LogP contribution in [-0.2, 0) is 0 Å². The van der Waals surface area contributed by atoms with Crippen LogP contribution in [0.5, 0.6) is 5.75 Å². The van der Waals surface area contributed by atoms with Gasteiger partial charge in [0, 0.05) is 10.6 Å². The van der Waals surface area contributed by atoms with Crippen molar-refractivity contribution < 1.29 is 9.53 Å². The monoisotopic (exact) mass is 248 g/mol. The average molecular weight is 248 g/mol. The number of nitrogens with one attached hydrogen (secondary N) is 1. The summed E-state index contributed by atoms with van der Waals surface area (Å²) in [7, 11) is 1.60. The molecule has 1 heterocycles. The maximum Gasteiger partial charge on any atom is 0.275 e. The van der Waals surface area contributed by atoms with E-state index in [1.807, 2.05) is 6.92 Å². The van der Waals surface area contributed by atoms with Crippen LogP contribution in [0.2, 0.25) is 0 Å². The van der Waals surface area contributed by atoms with Gasteiger partial charge in [-0.2, -0.15) is 0 Å². The van der Waals surface area contributed by atoms with Crippen LogP contribution in [0.1, 0.15) is 15.4 Å². The van der Waals surface area contributed by atoms with Crippen molar-refractivity contribution in [1.82, 2.24) is 4.98 Å². The van der Waals surface area contributed by atoms with Crippen LogP contribution in [-0.4, -0.2) is 18.0 Å². The molecule has 0 saturated carbocycles. The predicted octanol–water partition coefficient (Wildman–Crippen LogP) is 2.71. The highest BCUT2D eigenvalue weighted by Crippen LogP contribution is 2.17. The van der Waals surface area contributed by atoms with E-state index in [2.05, 4.69) is 10.3 Å².